The van der Waals surface area contributed by atoms with E-state index >= 15 is 0 Å². The highest BCUT2D eigenvalue weighted by Crippen LogP contribution is 2.09. The van der Waals surface area contributed by atoms with Crippen molar-refractivity contribution in [1.82, 2.24) is 15.6 Å². The third-order valence-corrected chi connectivity index (χ3v) is 3.53. The lowest BCUT2D eigenvalue weighted by Gasteiger charge is -2.14. The average Bonchev–Trinajstić information content (AvgIpc) is 2.57. The highest BCUT2D eigenvalue weighted by Gasteiger charge is 2.02. The summed E-state index contributed by atoms with van der Waals surface area (Å²) in [6.45, 7) is 3.55. The number of aliphatic imine (C=N–C) groups is 1. The Morgan fingerprint density at radius 2 is 1.67 bits per heavy atom. The summed E-state index contributed by atoms with van der Waals surface area (Å²) in [5.74, 6) is 1.74. The highest BCUT2D eigenvalue weighted by atomic mass is 127. The number of aromatic nitrogens is 1. The number of rotatable bonds is 5. The molecule has 0 aliphatic heterocycles. The van der Waals surface area contributed by atoms with Gasteiger partial charge in [0, 0.05) is 40.4 Å². The molecule has 1 aromatic heterocycles. The Morgan fingerprint density at radius 3 is 2.25 bits per heavy atom. The molecular formula is C18H26IN5. The Morgan fingerprint density at radius 1 is 1.04 bits per heavy atom. The zero-order valence-corrected chi connectivity index (χ0v) is 17.0. The molecule has 6 heteroatoms. The van der Waals surface area contributed by atoms with Crippen molar-refractivity contribution in [3.63, 3.8) is 0 Å². The molecule has 24 heavy (non-hydrogen) atoms. The van der Waals surface area contributed by atoms with Gasteiger partial charge >= 0.3 is 0 Å². The summed E-state index contributed by atoms with van der Waals surface area (Å²) in [6, 6.07) is 12.6. The molecule has 2 N–H and O–H groups in total. The number of aryl methyl sites for hydroxylation is 1. The number of hydrogen-bond acceptors (Lipinski definition) is 3. The predicted molar refractivity (Wildman–Crippen MR) is 112 cm³/mol. The Kier molecular flexibility index (Phi) is 8.53. The molecule has 0 unspecified atom stereocenters. The largest absolute Gasteiger partial charge is 0.363 e. The lowest BCUT2D eigenvalue weighted by molar-refractivity contribution is 0.807. The summed E-state index contributed by atoms with van der Waals surface area (Å²) in [7, 11) is 5.76. The van der Waals surface area contributed by atoms with Crippen molar-refractivity contribution < 1.29 is 0 Å². The standard InChI is InChI=1S/C18H25N5.HI/c1-14-5-7-15(8-6-14)12-21-18(19-2)22-13-16-9-10-20-17(11-16)23(3)4;/h5-11H,12-13H2,1-4H3,(H2,19,21,22);1H. The molecule has 0 aliphatic rings. The van der Waals surface area contributed by atoms with Gasteiger partial charge in [0.05, 0.1) is 0 Å². The van der Waals surface area contributed by atoms with E-state index in [1.165, 1.54) is 16.7 Å². The van der Waals surface area contributed by atoms with Crippen molar-refractivity contribution in [1.29, 1.82) is 0 Å². The molecule has 0 saturated heterocycles. The number of halogens is 1. The molecule has 0 atom stereocenters. The van der Waals surface area contributed by atoms with Crippen LogP contribution in [0.4, 0.5) is 5.82 Å². The highest BCUT2D eigenvalue weighted by molar-refractivity contribution is 14.0. The molecule has 0 saturated carbocycles. The lowest BCUT2D eigenvalue weighted by Crippen LogP contribution is -2.36. The summed E-state index contributed by atoms with van der Waals surface area (Å²) < 4.78 is 0. The van der Waals surface area contributed by atoms with E-state index in [1.54, 1.807) is 7.05 Å². The van der Waals surface area contributed by atoms with Crippen LogP contribution in [-0.2, 0) is 13.1 Å². The van der Waals surface area contributed by atoms with E-state index in [4.69, 9.17) is 0 Å². The van der Waals surface area contributed by atoms with Crippen LogP contribution in [0, 0.1) is 6.92 Å². The first-order valence-electron chi connectivity index (χ1n) is 7.71. The van der Waals surface area contributed by atoms with E-state index in [0.717, 1.165) is 18.3 Å². The minimum atomic E-state index is 0. The normalized spacial score (nSPS) is 10.8. The molecule has 0 amide bonds. The van der Waals surface area contributed by atoms with E-state index in [9.17, 15) is 0 Å². The monoisotopic (exact) mass is 439 g/mol. The minimum absolute atomic E-state index is 0. The van der Waals surface area contributed by atoms with Gasteiger partial charge in [0.1, 0.15) is 5.82 Å². The van der Waals surface area contributed by atoms with Gasteiger partial charge in [-0.25, -0.2) is 4.98 Å². The smallest absolute Gasteiger partial charge is 0.191 e. The van der Waals surface area contributed by atoms with Gasteiger partial charge in [0.15, 0.2) is 5.96 Å². The van der Waals surface area contributed by atoms with Crippen molar-refractivity contribution in [2.75, 3.05) is 26.0 Å². The van der Waals surface area contributed by atoms with Crippen LogP contribution < -0.4 is 15.5 Å². The van der Waals surface area contributed by atoms with Crippen molar-refractivity contribution in [3.05, 3.63) is 59.3 Å². The van der Waals surface area contributed by atoms with Gasteiger partial charge in [-0.2, -0.15) is 0 Å². The summed E-state index contributed by atoms with van der Waals surface area (Å²) in [5, 5.41) is 6.65. The van der Waals surface area contributed by atoms with Crippen LogP contribution in [0.15, 0.2) is 47.6 Å². The molecule has 2 rings (SSSR count). The van der Waals surface area contributed by atoms with Crippen LogP contribution in [0.25, 0.3) is 0 Å². The molecule has 0 fully saturated rings. The maximum absolute atomic E-state index is 4.32. The van der Waals surface area contributed by atoms with Crippen LogP contribution in [0.1, 0.15) is 16.7 Å². The maximum Gasteiger partial charge on any atom is 0.191 e. The topological polar surface area (TPSA) is 52.6 Å². The Labute approximate surface area is 161 Å². The van der Waals surface area contributed by atoms with Gasteiger partial charge in [-0.05, 0) is 30.2 Å². The molecule has 0 spiro atoms. The van der Waals surface area contributed by atoms with E-state index in [1.807, 2.05) is 31.3 Å². The van der Waals surface area contributed by atoms with E-state index in [-0.39, 0.29) is 24.0 Å². The predicted octanol–water partition coefficient (Wildman–Crippen LogP) is 2.94. The van der Waals surface area contributed by atoms with Gasteiger partial charge in [-0.1, -0.05) is 29.8 Å². The molecule has 0 aliphatic carbocycles. The third kappa shape index (κ3) is 6.35. The molecule has 0 radical (unpaired) electrons. The Hall–Kier alpha value is -1.83. The van der Waals surface area contributed by atoms with E-state index in [2.05, 4.69) is 57.9 Å². The number of benzene rings is 1. The molecule has 1 heterocycles. The molecule has 130 valence electrons. The second-order valence-corrected chi connectivity index (χ2v) is 5.68. The first-order valence-corrected chi connectivity index (χ1v) is 7.71. The van der Waals surface area contributed by atoms with Crippen molar-refractivity contribution in [2.24, 2.45) is 4.99 Å². The quantitative estimate of drug-likeness (QED) is 0.428. The van der Waals surface area contributed by atoms with Gasteiger partial charge in [0.25, 0.3) is 0 Å². The Bertz CT molecular complexity index is 653. The van der Waals surface area contributed by atoms with Crippen LogP contribution in [0.3, 0.4) is 0 Å². The van der Waals surface area contributed by atoms with Crippen LogP contribution in [-0.4, -0.2) is 32.1 Å². The molecule has 2 aromatic rings. The average molecular weight is 439 g/mol. The molecule has 5 nitrogen and oxygen atoms in total. The molecular weight excluding hydrogens is 413 g/mol. The first kappa shape index (κ1) is 20.2. The fourth-order valence-corrected chi connectivity index (χ4v) is 2.11. The Balaban J connectivity index is 0.00000288. The maximum atomic E-state index is 4.32. The van der Waals surface area contributed by atoms with E-state index < -0.39 is 0 Å². The molecule has 0 bridgehead atoms. The second kappa shape index (κ2) is 10.1. The number of pyridine rings is 1. The van der Waals surface area contributed by atoms with Gasteiger partial charge in [-0.15, -0.1) is 24.0 Å². The van der Waals surface area contributed by atoms with Crippen LogP contribution >= 0.6 is 24.0 Å². The van der Waals surface area contributed by atoms with Gasteiger partial charge in [0.2, 0.25) is 0 Å². The van der Waals surface area contributed by atoms with Gasteiger partial charge < -0.3 is 15.5 Å². The number of nitrogens with one attached hydrogen (secondary N) is 2. The van der Waals surface area contributed by atoms with Crippen molar-refractivity contribution in [3.8, 4) is 0 Å². The summed E-state index contributed by atoms with van der Waals surface area (Å²) >= 11 is 0. The van der Waals surface area contributed by atoms with Gasteiger partial charge in [-0.3, -0.25) is 4.99 Å². The fourth-order valence-electron chi connectivity index (χ4n) is 2.11. The minimum Gasteiger partial charge on any atom is -0.363 e. The zero-order chi connectivity index (χ0) is 16.7. The number of hydrogen-bond donors (Lipinski definition) is 2. The van der Waals surface area contributed by atoms with Crippen LogP contribution in [0.5, 0.6) is 0 Å². The summed E-state index contributed by atoms with van der Waals surface area (Å²) in [4.78, 5) is 10.6. The van der Waals surface area contributed by atoms with E-state index in [0.29, 0.717) is 6.54 Å². The summed E-state index contributed by atoms with van der Waals surface area (Å²) in [5.41, 5.74) is 3.67. The number of nitrogens with zero attached hydrogens (tertiary/aromatic N) is 3. The fraction of sp³-hybridized carbons (Fsp3) is 0.333. The zero-order valence-electron chi connectivity index (χ0n) is 14.7. The van der Waals surface area contributed by atoms with Crippen molar-refractivity contribution >= 4 is 35.8 Å². The number of guanidine groups is 1. The third-order valence-electron chi connectivity index (χ3n) is 3.53. The number of anilines is 1. The summed E-state index contributed by atoms with van der Waals surface area (Å²) in [6.07, 6.45) is 1.83. The SMILES string of the molecule is CN=C(NCc1ccc(C)cc1)NCc1ccnc(N(C)C)c1.I. The molecule has 1 aromatic carbocycles. The van der Waals surface area contributed by atoms with Crippen LogP contribution in [0.2, 0.25) is 0 Å². The first-order chi connectivity index (χ1) is 11.1. The second-order valence-electron chi connectivity index (χ2n) is 5.68. The van der Waals surface area contributed by atoms with Crippen molar-refractivity contribution in [2.45, 2.75) is 20.0 Å². The lowest BCUT2D eigenvalue weighted by atomic mass is 10.1.